The monoisotopic (exact) mass is 250 g/mol. The van der Waals surface area contributed by atoms with Gasteiger partial charge in [-0.3, -0.25) is 4.79 Å². The van der Waals surface area contributed by atoms with Gasteiger partial charge >= 0.3 is 0 Å². The molecule has 0 bridgehead atoms. The molecule has 1 aliphatic heterocycles. The van der Waals surface area contributed by atoms with Gasteiger partial charge in [0.05, 0.1) is 12.0 Å². The maximum absolute atomic E-state index is 11.3. The van der Waals surface area contributed by atoms with Crippen molar-refractivity contribution < 1.29 is 4.79 Å². The summed E-state index contributed by atoms with van der Waals surface area (Å²) in [6.07, 6.45) is 1.92. The molecular weight excluding hydrogens is 240 g/mol. The number of benzene rings is 1. The zero-order chi connectivity index (χ0) is 13.2. The number of hydrogen-bond donors (Lipinski definition) is 2. The van der Waals surface area contributed by atoms with Crippen LogP contribution in [0.3, 0.4) is 0 Å². The van der Waals surface area contributed by atoms with Gasteiger partial charge in [-0.15, -0.1) is 0 Å². The van der Waals surface area contributed by atoms with Crippen LogP contribution < -0.4 is 10.6 Å². The fraction of sp³-hybridized carbons (Fsp3) is 0.0714. The van der Waals surface area contributed by atoms with E-state index in [0.717, 1.165) is 16.9 Å². The van der Waals surface area contributed by atoms with Gasteiger partial charge in [-0.25, -0.2) is 4.98 Å². The van der Waals surface area contributed by atoms with E-state index in [2.05, 4.69) is 15.6 Å². The summed E-state index contributed by atoms with van der Waals surface area (Å²) in [5.74, 6) is 0.680. The molecule has 0 atom stereocenters. The normalized spacial score (nSPS) is 12.5. The smallest absolute Gasteiger partial charge is 0.228 e. The van der Waals surface area contributed by atoms with Crippen molar-refractivity contribution in [1.29, 1.82) is 5.26 Å². The Morgan fingerprint density at radius 3 is 2.95 bits per heavy atom. The first-order chi connectivity index (χ1) is 9.24. The highest BCUT2D eigenvalue weighted by Crippen LogP contribution is 2.27. The van der Waals surface area contributed by atoms with E-state index < -0.39 is 0 Å². The zero-order valence-corrected chi connectivity index (χ0v) is 9.97. The van der Waals surface area contributed by atoms with Crippen LogP contribution in [0.15, 0.2) is 36.5 Å². The lowest BCUT2D eigenvalue weighted by molar-refractivity contribution is -0.115. The van der Waals surface area contributed by atoms with Gasteiger partial charge in [0, 0.05) is 17.6 Å². The summed E-state index contributed by atoms with van der Waals surface area (Å²) in [6, 6.07) is 11.1. The van der Waals surface area contributed by atoms with E-state index >= 15 is 0 Å². The molecule has 0 fully saturated rings. The lowest BCUT2D eigenvalue weighted by Gasteiger charge is -2.07. The number of carbonyl (C=O) groups is 1. The van der Waals surface area contributed by atoms with Crippen molar-refractivity contribution in [2.75, 3.05) is 10.6 Å². The van der Waals surface area contributed by atoms with E-state index in [1.54, 1.807) is 12.1 Å². The van der Waals surface area contributed by atoms with Crippen LogP contribution in [0.25, 0.3) is 0 Å². The highest BCUT2D eigenvalue weighted by atomic mass is 16.1. The number of nitriles is 1. The third kappa shape index (κ3) is 2.24. The molecule has 5 nitrogen and oxygen atoms in total. The van der Waals surface area contributed by atoms with E-state index in [0.29, 0.717) is 17.8 Å². The second-order valence-electron chi connectivity index (χ2n) is 4.27. The summed E-state index contributed by atoms with van der Waals surface area (Å²) in [6.45, 7) is 0. The van der Waals surface area contributed by atoms with Crippen molar-refractivity contribution in [2.24, 2.45) is 0 Å². The molecule has 0 aliphatic carbocycles. The van der Waals surface area contributed by atoms with Crippen LogP contribution in [0, 0.1) is 11.3 Å². The number of hydrogen-bond acceptors (Lipinski definition) is 4. The topological polar surface area (TPSA) is 77.8 Å². The van der Waals surface area contributed by atoms with Crippen LogP contribution in [-0.2, 0) is 11.2 Å². The van der Waals surface area contributed by atoms with Gasteiger partial charge in [0.25, 0.3) is 0 Å². The van der Waals surface area contributed by atoms with Crippen molar-refractivity contribution in [1.82, 2.24) is 4.98 Å². The van der Waals surface area contributed by atoms with Gasteiger partial charge in [0.1, 0.15) is 11.9 Å². The summed E-state index contributed by atoms with van der Waals surface area (Å²) in [4.78, 5) is 15.4. The molecule has 92 valence electrons. The molecule has 0 saturated carbocycles. The second-order valence-corrected chi connectivity index (χ2v) is 4.27. The Balaban J connectivity index is 1.82. The van der Waals surface area contributed by atoms with Crippen molar-refractivity contribution in [2.45, 2.75) is 6.42 Å². The number of nitrogens with zero attached hydrogens (tertiary/aromatic N) is 2. The predicted octanol–water partition coefficient (Wildman–Crippen LogP) is 2.19. The van der Waals surface area contributed by atoms with Crippen LogP contribution in [0.4, 0.5) is 17.2 Å². The maximum Gasteiger partial charge on any atom is 0.228 e. The minimum Gasteiger partial charge on any atom is -0.340 e. The summed E-state index contributed by atoms with van der Waals surface area (Å²) >= 11 is 0. The fourth-order valence-corrected chi connectivity index (χ4v) is 1.99. The molecular formula is C14H10N4O. The summed E-state index contributed by atoms with van der Waals surface area (Å²) in [5.41, 5.74) is 3.23. The van der Waals surface area contributed by atoms with E-state index in [1.807, 2.05) is 24.3 Å². The highest BCUT2D eigenvalue weighted by molar-refractivity contribution is 5.99. The minimum atomic E-state index is 0.0173. The van der Waals surface area contributed by atoms with Crippen molar-refractivity contribution in [3.63, 3.8) is 0 Å². The molecule has 1 aromatic heterocycles. The average molecular weight is 250 g/mol. The van der Waals surface area contributed by atoms with Crippen LogP contribution >= 0.6 is 0 Å². The van der Waals surface area contributed by atoms with Crippen LogP contribution in [0.2, 0.25) is 0 Å². The van der Waals surface area contributed by atoms with Crippen molar-refractivity contribution in [3.05, 3.63) is 47.7 Å². The first kappa shape index (κ1) is 11.2. The maximum atomic E-state index is 11.3. The first-order valence-electron chi connectivity index (χ1n) is 5.80. The number of nitrogens with one attached hydrogen (secondary N) is 2. The third-order valence-corrected chi connectivity index (χ3v) is 2.90. The van der Waals surface area contributed by atoms with Crippen molar-refractivity contribution >= 4 is 23.1 Å². The number of anilines is 3. The van der Waals surface area contributed by atoms with Gasteiger partial charge in [-0.2, -0.15) is 5.26 Å². The fourth-order valence-electron chi connectivity index (χ4n) is 1.99. The molecule has 1 aromatic carbocycles. The van der Waals surface area contributed by atoms with Gasteiger partial charge in [-0.05, 0) is 35.9 Å². The number of fused-ring (bicyclic) bond motifs is 1. The molecule has 1 aliphatic rings. The number of amides is 1. The van der Waals surface area contributed by atoms with Gasteiger partial charge in [0.15, 0.2) is 0 Å². The predicted molar refractivity (Wildman–Crippen MR) is 71.0 cm³/mol. The van der Waals surface area contributed by atoms with E-state index in [1.165, 1.54) is 6.20 Å². The Hall–Kier alpha value is -2.87. The molecule has 0 radical (unpaired) electrons. The molecule has 1 amide bonds. The average Bonchev–Trinajstić information content (AvgIpc) is 2.79. The van der Waals surface area contributed by atoms with E-state index in [9.17, 15) is 4.79 Å². The Labute approximate surface area is 109 Å². The summed E-state index contributed by atoms with van der Waals surface area (Å²) in [7, 11) is 0. The molecule has 0 unspecified atom stereocenters. The van der Waals surface area contributed by atoms with Crippen LogP contribution in [0.1, 0.15) is 11.1 Å². The summed E-state index contributed by atoms with van der Waals surface area (Å²) in [5, 5.41) is 14.6. The Kier molecular flexibility index (Phi) is 2.62. The second kappa shape index (κ2) is 4.42. The standard InChI is InChI=1S/C14H10N4O/c15-7-9-1-4-13(16-8-9)17-11-2-3-12-10(5-11)6-14(19)18-12/h1-5,8H,6H2,(H,16,17)(H,18,19). The minimum absolute atomic E-state index is 0.0173. The molecule has 19 heavy (non-hydrogen) atoms. The molecule has 0 spiro atoms. The third-order valence-electron chi connectivity index (χ3n) is 2.90. The van der Waals surface area contributed by atoms with Gasteiger partial charge in [0.2, 0.25) is 5.91 Å². The zero-order valence-electron chi connectivity index (χ0n) is 9.97. The molecule has 2 aromatic rings. The van der Waals surface area contributed by atoms with E-state index in [4.69, 9.17) is 5.26 Å². The number of carbonyl (C=O) groups excluding carboxylic acids is 1. The molecule has 3 rings (SSSR count). The number of aromatic nitrogens is 1. The lowest BCUT2D eigenvalue weighted by atomic mass is 10.1. The summed E-state index contributed by atoms with van der Waals surface area (Å²) < 4.78 is 0. The SMILES string of the molecule is N#Cc1ccc(Nc2ccc3c(c2)CC(=O)N3)nc1. The van der Waals surface area contributed by atoms with Gasteiger partial charge in [-0.1, -0.05) is 0 Å². The Bertz CT molecular complexity index is 686. The lowest BCUT2D eigenvalue weighted by Crippen LogP contribution is -2.03. The van der Waals surface area contributed by atoms with Crippen molar-refractivity contribution in [3.8, 4) is 6.07 Å². The Morgan fingerprint density at radius 1 is 1.32 bits per heavy atom. The first-order valence-corrected chi connectivity index (χ1v) is 5.80. The quantitative estimate of drug-likeness (QED) is 0.856. The molecule has 0 saturated heterocycles. The molecule has 2 N–H and O–H groups in total. The van der Waals surface area contributed by atoms with Crippen LogP contribution in [-0.4, -0.2) is 10.9 Å². The van der Waals surface area contributed by atoms with Gasteiger partial charge < -0.3 is 10.6 Å². The molecule has 2 heterocycles. The number of rotatable bonds is 2. The highest BCUT2D eigenvalue weighted by Gasteiger charge is 2.17. The largest absolute Gasteiger partial charge is 0.340 e. The van der Waals surface area contributed by atoms with E-state index in [-0.39, 0.29) is 5.91 Å². The number of pyridine rings is 1. The molecule has 5 heteroatoms. The van der Waals surface area contributed by atoms with Crippen LogP contribution in [0.5, 0.6) is 0 Å². The Morgan fingerprint density at radius 2 is 2.21 bits per heavy atom.